The number of carbonyl (C=O) groups is 1. The van der Waals surface area contributed by atoms with Crippen molar-refractivity contribution in [2.75, 3.05) is 33.2 Å². The number of halogens is 3. The lowest BCUT2D eigenvalue weighted by Crippen LogP contribution is -2.43. The first-order chi connectivity index (χ1) is 8.15. The van der Waals surface area contributed by atoms with Crippen molar-refractivity contribution >= 4 is 23.1 Å². The molecule has 0 saturated heterocycles. The molecule has 4 nitrogen and oxygen atoms in total. The number of thiocarbonyl (C=S) groups is 1. The standard InChI is InChI=1S/C10H18F3N3OS/c1-3-16(7-10(11,12)13)6-9(17)15(2)5-4-8(14)18/h3-7H2,1-2H3,(H2,14,18). The molecule has 0 rings (SSSR count). The summed E-state index contributed by atoms with van der Waals surface area (Å²) in [5, 5.41) is 0. The molecule has 0 aromatic rings. The average Bonchev–Trinajstić information content (AvgIpc) is 2.22. The first-order valence-corrected chi connectivity index (χ1v) is 5.88. The van der Waals surface area contributed by atoms with Crippen molar-refractivity contribution in [3.63, 3.8) is 0 Å². The summed E-state index contributed by atoms with van der Waals surface area (Å²) < 4.78 is 36.6. The van der Waals surface area contributed by atoms with Crippen molar-refractivity contribution in [3.05, 3.63) is 0 Å². The maximum Gasteiger partial charge on any atom is 0.401 e. The van der Waals surface area contributed by atoms with E-state index in [2.05, 4.69) is 12.2 Å². The van der Waals surface area contributed by atoms with Crippen LogP contribution in [0.1, 0.15) is 13.3 Å². The molecule has 0 aromatic carbocycles. The zero-order valence-electron chi connectivity index (χ0n) is 10.5. The molecular formula is C10H18F3N3OS. The lowest BCUT2D eigenvalue weighted by atomic mass is 10.3. The van der Waals surface area contributed by atoms with Crippen molar-refractivity contribution in [2.45, 2.75) is 19.5 Å². The Morgan fingerprint density at radius 2 is 1.94 bits per heavy atom. The molecule has 0 saturated carbocycles. The topological polar surface area (TPSA) is 49.6 Å². The molecule has 0 atom stereocenters. The van der Waals surface area contributed by atoms with Crippen LogP contribution in [0.5, 0.6) is 0 Å². The van der Waals surface area contributed by atoms with E-state index < -0.39 is 12.7 Å². The largest absolute Gasteiger partial charge is 0.401 e. The van der Waals surface area contributed by atoms with E-state index in [0.29, 0.717) is 13.0 Å². The van der Waals surface area contributed by atoms with Crippen LogP contribution in [0.4, 0.5) is 13.2 Å². The Morgan fingerprint density at radius 3 is 2.33 bits per heavy atom. The Labute approximate surface area is 110 Å². The van der Waals surface area contributed by atoms with E-state index in [0.717, 1.165) is 4.90 Å². The number of nitrogens with zero attached hydrogens (tertiary/aromatic N) is 2. The highest BCUT2D eigenvalue weighted by Crippen LogP contribution is 2.16. The van der Waals surface area contributed by atoms with Gasteiger partial charge in [0.1, 0.15) is 0 Å². The number of hydrogen-bond donors (Lipinski definition) is 1. The molecule has 0 heterocycles. The molecule has 2 N–H and O–H groups in total. The summed E-state index contributed by atoms with van der Waals surface area (Å²) in [6.45, 7) is 0.711. The zero-order valence-corrected chi connectivity index (χ0v) is 11.3. The fraction of sp³-hybridized carbons (Fsp3) is 0.800. The fourth-order valence-electron chi connectivity index (χ4n) is 1.25. The Balaban J connectivity index is 4.21. The molecule has 0 aliphatic rings. The van der Waals surface area contributed by atoms with Crippen molar-refractivity contribution in [1.29, 1.82) is 0 Å². The van der Waals surface area contributed by atoms with Crippen molar-refractivity contribution in [2.24, 2.45) is 5.73 Å². The summed E-state index contributed by atoms with van der Waals surface area (Å²) in [6.07, 6.45) is -3.93. The van der Waals surface area contributed by atoms with E-state index in [4.69, 9.17) is 5.73 Å². The minimum Gasteiger partial charge on any atom is -0.393 e. The SMILES string of the molecule is CCN(CC(=O)N(C)CCC(N)=S)CC(F)(F)F. The van der Waals surface area contributed by atoms with Crippen LogP contribution in [0.25, 0.3) is 0 Å². The van der Waals surface area contributed by atoms with E-state index >= 15 is 0 Å². The number of carbonyl (C=O) groups excluding carboxylic acids is 1. The van der Waals surface area contributed by atoms with E-state index in [1.54, 1.807) is 6.92 Å². The molecule has 8 heteroatoms. The smallest absolute Gasteiger partial charge is 0.393 e. The maximum absolute atomic E-state index is 12.2. The van der Waals surface area contributed by atoms with Crippen LogP contribution < -0.4 is 5.73 Å². The Hall–Kier alpha value is -0.890. The van der Waals surface area contributed by atoms with Gasteiger partial charge in [-0.2, -0.15) is 13.2 Å². The van der Waals surface area contributed by atoms with Crippen LogP contribution in [0.3, 0.4) is 0 Å². The zero-order chi connectivity index (χ0) is 14.3. The normalized spacial score (nSPS) is 11.7. The lowest BCUT2D eigenvalue weighted by Gasteiger charge is -2.24. The third kappa shape index (κ3) is 8.24. The van der Waals surface area contributed by atoms with E-state index in [-0.39, 0.29) is 24.0 Å². The first kappa shape index (κ1) is 17.1. The quantitative estimate of drug-likeness (QED) is 0.709. The highest BCUT2D eigenvalue weighted by molar-refractivity contribution is 7.80. The van der Waals surface area contributed by atoms with Gasteiger partial charge in [-0.1, -0.05) is 19.1 Å². The third-order valence-corrected chi connectivity index (χ3v) is 2.53. The molecule has 0 radical (unpaired) electrons. The summed E-state index contributed by atoms with van der Waals surface area (Å²) in [4.78, 5) is 14.3. The van der Waals surface area contributed by atoms with Gasteiger partial charge < -0.3 is 10.6 Å². The monoisotopic (exact) mass is 285 g/mol. The second-order valence-corrected chi connectivity index (χ2v) is 4.47. The highest BCUT2D eigenvalue weighted by Gasteiger charge is 2.31. The molecule has 0 aliphatic heterocycles. The lowest BCUT2D eigenvalue weighted by molar-refractivity contribution is -0.150. The number of rotatable bonds is 7. The molecule has 1 amide bonds. The number of nitrogens with two attached hydrogens (primary N) is 1. The second-order valence-electron chi connectivity index (χ2n) is 3.95. The second kappa shape index (κ2) is 7.52. The van der Waals surface area contributed by atoms with Gasteiger partial charge in [-0.25, -0.2) is 0 Å². The van der Waals surface area contributed by atoms with E-state index in [9.17, 15) is 18.0 Å². The first-order valence-electron chi connectivity index (χ1n) is 5.47. The van der Waals surface area contributed by atoms with Gasteiger partial charge in [0.25, 0.3) is 0 Å². The Morgan fingerprint density at radius 1 is 1.39 bits per heavy atom. The van der Waals surface area contributed by atoms with Gasteiger partial charge in [0.2, 0.25) is 5.91 Å². The van der Waals surface area contributed by atoms with Gasteiger partial charge in [0, 0.05) is 20.0 Å². The Bertz CT molecular complexity index is 297. The number of hydrogen-bond acceptors (Lipinski definition) is 3. The average molecular weight is 285 g/mol. The van der Waals surface area contributed by atoms with Gasteiger partial charge in [-0.05, 0) is 6.54 Å². The van der Waals surface area contributed by atoms with Crippen molar-refractivity contribution < 1.29 is 18.0 Å². The minimum atomic E-state index is -4.30. The molecule has 0 spiro atoms. The summed E-state index contributed by atoms with van der Waals surface area (Å²) in [5.41, 5.74) is 5.29. The summed E-state index contributed by atoms with van der Waals surface area (Å²) in [5.74, 6) is -0.377. The third-order valence-electron chi connectivity index (χ3n) is 2.33. The van der Waals surface area contributed by atoms with Gasteiger partial charge in [0.15, 0.2) is 0 Å². The van der Waals surface area contributed by atoms with Crippen LogP contribution in [0.2, 0.25) is 0 Å². The number of likely N-dealkylation sites (N-methyl/N-ethyl adjacent to an activating group) is 2. The van der Waals surface area contributed by atoms with Gasteiger partial charge >= 0.3 is 6.18 Å². The van der Waals surface area contributed by atoms with E-state index in [1.807, 2.05) is 0 Å². The van der Waals surface area contributed by atoms with Crippen LogP contribution >= 0.6 is 12.2 Å². The van der Waals surface area contributed by atoms with Crippen molar-refractivity contribution in [1.82, 2.24) is 9.80 Å². The van der Waals surface area contributed by atoms with Gasteiger partial charge in [-0.15, -0.1) is 0 Å². The predicted molar refractivity (Wildman–Crippen MR) is 67.2 cm³/mol. The number of alkyl halides is 3. The molecule has 106 valence electrons. The van der Waals surface area contributed by atoms with Crippen LogP contribution in [0, 0.1) is 0 Å². The molecule has 0 fully saturated rings. The predicted octanol–water partition coefficient (Wildman–Crippen LogP) is 1.01. The molecular weight excluding hydrogens is 267 g/mol. The number of amides is 1. The minimum absolute atomic E-state index is 0.161. The molecule has 0 aliphatic carbocycles. The van der Waals surface area contributed by atoms with Crippen molar-refractivity contribution in [3.8, 4) is 0 Å². The Kier molecular flexibility index (Phi) is 7.15. The van der Waals surface area contributed by atoms with Crippen LogP contribution in [-0.4, -0.2) is 60.1 Å². The van der Waals surface area contributed by atoms with Crippen LogP contribution in [0.15, 0.2) is 0 Å². The molecule has 0 aromatic heterocycles. The van der Waals surface area contributed by atoms with Gasteiger partial charge in [0.05, 0.1) is 18.1 Å². The molecule has 0 unspecified atom stereocenters. The van der Waals surface area contributed by atoms with Gasteiger partial charge in [-0.3, -0.25) is 9.69 Å². The van der Waals surface area contributed by atoms with Crippen LogP contribution in [-0.2, 0) is 4.79 Å². The highest BCUT2D eigenvalue weighted by atomic mass is 32.1. The molecule has 0 bridgehead atoms. The fourth-order valence-corrected chi connectivity index (χ4v) is 1.34. The van der Waals surface area contributed by atoms with E-state index in [1.165, 1.54) is 11.9 Å². The summed E-state index contributed by atoms with van der Waals surface area (Å²) in [6, 6.07) is 0. The molecule has 18 heavy (non-hydrogen) atoms. The summed E-state index contributed by atoms with van der Waals surface area (Å²) >= 11 is 4.66. The maximum atomic E-state index is 12.2. The summed E-state index contributed by atoms with van der Waals surface area (Å²) in [7, 11) is 1.52.